The number of ether oxygens (including phenoxy) is 1. The third-order valence-corrected chi connectivity index (χ3v) is 3.21. The summed E-state index contributed by atoms with van der Waals surface area (Å²) in [6.45, 7) is 9.57. The fraction of sp³-hybridized carbons (Fsp3) is 0.923. The third-order valence-electron chi connectivity index (χ3n) is 3.21. The summed E-state index contributed by atoms with van der Waals surface area (Å²) in [7, 11) is 0. The molecule has 0 aromatic rings. The van der Waals surface area contributed by atoms with Gasteiger partial charge in [-0.1, -0.05) is 27.2 Å². The van der Waals surface area contributed by atoms with Gasteiger partial charge in [-0.15, -0.1) is 0 Å². The van der Waals surface area contributed by atoms with Crippen LogP contribution in [-0.2, 0) is 4.74 Å². The summed E-state index contributed by atoms with van der Waals surface area (Å²) in [5.41, 5.74) is 0. The first-order valence-electron chi connectivity index (χ1n) is 6.80. The predicted molar refractivity (Wildman–Crippen MR) is 69.1 cm³/mol. The summed E-state index contributed by atoms with van der Waals surface area (Å²) >= 11 is 0. The summed E-state index contributed by atoms with van der Waals surface area (Å²) < 4.78 is 5.26. The highest BCUT2D eigenvalue weighted by molar-refractivity contribution is 5.67. The van der Waals surface area contributed by atoms with Crippen LogP contribution in [0, 0.1) is 5.92 Å². The lowest BCUT2D eigenvalue weighted by atomic mass is 10.0. The highest BCUT2D eigenvalue weighted by Gasteiger charge is 2.24. The Hall–Kier alpha value is -0.770. The lowest BCUT2D eigenvalue weighted by Crippen LogP contribution is -2.43. The smallest absolute Gasteiger partial charge is 0.409 e. The SMILES string of the molecule is CCCCOC(=O)N1CCCNC(C(C)C)C1. The molecule has 1 unspecified atom stereocenters. The number of nitrogens with one attached hydrogen (secondary N) is 1. The summed E-state index contributed by atoms with van der Waals surface area (Å²) in [6, 6.07) is 0.385. The van der Waals surface area contributed by atoms with Crippen LogP contribution in [0.25, 0.3) is 0 Å². The van der Waals surface area contributed by atoms with Crippen molar-refractivity contribution in [1.82, 2.24) is 10.2 Å². The molecule has 1 saturated heterocycles. The highest BCUT2D eigenvalue weighted by Crippen LogP contribution is 2.09. The Morgan fingerprint density at radius 2 is 2.29 bits per heavy atom. The second-order valence-corrected chi connectivity index (χ2v) is 5.07. The van der Waals surface area contributed by atoms with Crippen molar-refractivity contribution in [3.8, 4) is 0 Å². The van der Waals surface area contributed by atoms with Gasteiger partial charge in [0.05, 0.1) is 6.61 Å². The standard InChI is InChI=1S/C13H26N2O2/c1-4-5-9-17-13(16)15-8-6-7-14-12(10-15)11(2)3/h11-12,14H,4-10H2,1-3H3. The zero-order chi connectivity index (χ0) is 12.7. The van der Waals surface area contributed by atoms with E-state index in [0.717, 1.165) is 38.9 Å². The summed E-state index contributed by atoms with van der Waals surface area (Å²) in [4.78, 5) is 13.7. The van der Waals surface area contributed by atoms with Gasteiger partial charge in [-0.3, -0.25) is 0 Å². The second kappa shape index (κ2) is 7.54. The maximum absolute atomic E-state index is 11.9. The zero-order valence-electron chi connectivity index (χ0n) is 11.4. The summed E-state index contributed by atoms with van der Waals surface area (Å²) in [6.07, 6.45) is 2.87. The van der Waals surface area contributed by atoms with E-state index >= 15 is 0 Å². The fourth-order valence-corrected chi connectivity index (χ4v) is 1.96. The van der Waals surface area contributed by atoms with Gasteiger partial charge in [-0.25, -0.2) is 4.79 Å². The maximum atomic E-state index is 11.9. The van der Waals surface area contributed by atoms with E-state index < -0.39 is 0 Å². The van der Waals surface area contributed by atoms with E-state index in [-0.39, 0.29) is 6.09 Å². The largest absolute Gasteiger partial charge is 0.449 e. The van der Waals surface area contributed by atoms with Crippen molar-refractivity contribution in [1.29, 1.82) is 0 Å². The average Bonchev–Trinajstić information content (AvgIpc) is 2.54. The normalized spacial score (nSPS) is 21.4. The molecule has 1 rings (SSSR count). The second-order valence-electron chi connectivity index (χ2n) is 5.07. The van der Waals surface area contributed by atoms with Crippen LogP contribution in [-0.4, -0.2) is 43.3 Å². The van der Waals surface area contributed by atoms with E-state index in [1.54, 1.807) is 0 Å². The van der Waals surface area contributed by atoms with Gasteiger partial charge in [-0.2, -0.15) is 0 Å². The van der Waals surface area contributed by atoms with Crippen LogP contribution in [0.15, 0.2) is 0 Å². The molecular weight excluding hydrogens is 216 g/mol. The van der Waals surface area contributed by atoms with Crippen LogP contribution >= 0.6 is 0 Å². The number of nitrogens with zero attached hydrogens (tertiary/aromatic N) is 1. The summed E-state index contributed by atoms with van der Waals surface area (Å²) in [5.74, 6) is 0.541. The van der Waals surface area contributed by atoms with Crippen LogP contribution in [0.4, 0.5) is 4.79 Å². The predicted octanol–water partition coefficient (Wildman–Crippen LogP) is 2.24. The van der Waals surface area contributed by atoms with Crippen LogP contribution in [0.5, 0.6) is 0 Å². The Morgan fingerprint density at radius 3 is 2.94 bits per heavy atom. The number of amides is 1. The molecule has 0 aromatic heterocycles. The van der Waals surface area contributed by atoms with Crippen molar-refractivity contribution in [2.75, 3.05) is 26.2 Å². The zero-order valence-corrected chi connectivity index (χ0v) is 11.4. The molecule has 1 fully saturated rings. The van der Waals surface area contributed by atoms with E-state index in [4.69, 9.17) is 4.74 Å². The summed E-state index contributed by atoms with van der Waals surface area (Å²) in [5, 5.41) is 3.48. The number of rotatable bonds is 4. The molecule has 1 atom stereocenters. The number of hydrogen-bond donors (Lipinski definition) is 1. The number of unbranched alkanes of at least 4 members (excludes halogenated alkanes) is 1. The molecule has 4 nitrogen and oxygen atoms in total. The lowest BCUT2D eigenvalue weighted by molar-refractivity contribution is 0.0985. The Balaban J connectivity index is 2.41. The molecule has 1 amide bonds. The van der Waals surface area contributed by atoms with Crippen LogP contribution in [0.3, 0.4) is 0 Å². The van der Waals surface area contributed by atoms with E-state index in [1.165, 1.54) is 0 Å². The Kier molecular flexibility index (Phi) is 6.34. The fourth-order valence-electron chi connectivity index (χ4n) is 1.96. The Bertz CT molecular complexity index is 231. The van der Waals surface area contributed by atoms with Gasteiger partial charge >= 0.3 is 6.09 Å². The molecule has 1 aliphatic heterocycles. The van der Waals surface area contributed by atoms with Crippen LogP contribution in [0.1, 0.15) is 40.0 Å². The number of hydrogen-bond acceptors (Lipinski definition) is 3. The quantitative estimate of drug-likeness (QED) is 0.769. The maximum Gasteiger partial charge on any atom is 0.409 e. The van der Waals surface area contributed by atoms with Gasteiger partial charge < -0.3 is 15.0 Å². The molecule has 0 radical (unpaired) electrons. The molecule has 0 aromatic carbocycles. The average molecular weight is 242 g/mol. The van der Waals surface area contributed by atoms with Gasteiger partial charge in [0.25, 0.3) is 0 Å². The molecule has 17 heavy (non-hydrogen) atoms. The first kappa shape index (κ1) is 14.3. The number of carbonyl (C=O) groups excluding carboxylic acids is 1. The van der Waals surface area contributed by atoms with Crippen LogP contribution in [0.2, 0.25) is 0 Å². The molecule has 4 heteroatoms. The van der Waals surface area contributed by atoms with Crippen LogP contribution < -0.4 is 5.32 Å². The lowest BCUT2D eigenvalue weighted by Gasteiger charge is -2.26. The third kappa shape index (κ3) is 4.94. The van der Waals surface area contributed by atoms with Crippen molar-refractivity contribution >= 4 is 6.09 Å². The molecular formula is C13H26N2O2. The van der Waals surface area contributed by atoms with E-state index in [0.29, 0.717) is 18.6 Å². The molecule has 100 valence electrons. The molecule has 0 saturated carbocycles. The van der Waals surface area contributed by atoms with Gasteiger partial charge in [0.1, 0.15) is 0 Å². The van der Waals surface area contributed by atoms with E-state index in [2.05, 4.69) is 26.1 Å². The van der Waals surface area contributed by atoms with E-state index in [1.807, 2.05) is 4.90 Å². The topological polar surface area (TPSA) is 41.6 Å². The van der Waals surface area contributed by atoms with Crippen molar-refractivity contribution in [3.05, 3.63) is 0 Å². The first-order chi connectivity index (χ1) is 8.15. The van der Waals surface area contributed by atoms with Crippen molar-refractivity contribution < 1.29 is 9.53 Å². The minimum atomic E-state index is -0.146. The molecule has 1 heterocycles. The van der Waals surface area contributed by atoms with E-state index in [9.17, 15) is 4.79 Å². The van der Waals surface area contributed by atoms with Gasteiger partial charge in [-0.05, 0) is 25.3 Å². The number of carbonyl (C=O) groups is 1. The molecule has 0 aliphatic carbocycles. The highest BCUT2D eigenvalue weighted by atomic mass is 16.6. The Morgan fingerprint density at radius 1 is 1.53 bits per heavy atom. The van der Waals surface area contributed by atoms with Gasteiger partial charge in [0, 0.05) is 19.1 Å². The monoisotopic (exact) mass is 242 g/mol. The van der Waals surface area contributed by atoms with Gasteiger partial charge in [0.2, 0.25) is 0 Å². The van der Waals surface area contributed by atoms with Gasteiger partial charge in [0.15, 0.2) is 0 Å². The molecule has 0 bridgehead atoms. The van der Waals surface area contributed by atoms with Crippen molar-refractivity contribution in [2.45, 2.75) is 46.1 Å². The minimum Gasteiger partial charge on any atom is -0.449 e. The molecule has 0 spiro atoms. The Labute approximate surface area is 105 Å². The first-order valence-corrected chi connectivity index (χ1v) is 6.80. The minimum absolute atomic E-state index is 0.146. The molecule has 1 aliphatic rings. The van der Waals surface area contributed by atoms with Crippen molar-refractivity contribution in [2.24, 2.45) is 5.92 Å². The molecule has 1 N–H and O–H groups in total. The van der Waals surface area contributed by atoms with Crippen molar-refractivity contribution in [3.63, 3.8) is 0 Å².